The first kappa shape index (κ1) is 16.0. The molecule has 0 radical (unpaired) electrons. The van der Waals surface area contributed by atoms with Gasteiger partial charge in [-0.05, 0) is 31.5 Å². The monoisotopic (exact) mass is 299 g/mol. The molecule has 1 aliphatic heterocycles. The van der Waals surface area contributed by atoms with Crippen LogP contribution in [0.15, 0.2) is 0 Å². The van der Waals surface area contributed by atoms with Gasteiger partial charge in [0.2, 0.25) is 0 Å². The third kappa shape index (κ3) is 4.86. The summed E-state index contributed by atoms with van der Waals surface area (Å²) in [7, 11) is 1.74. The van der Waals surface area contributed by atoms with Crippen molar-refractivity contribution < 1.29 is 4.74 Å². The minimum atomic E-state index is 0.797. The molecule has 1 saturated carbocycles. The van der Waals surface area contributed by atoms with Crippen LogP contribution < -0.4 is 5.32 Å². The SMILES string of the molecule is COCCCNC(=S)N1CCN(C2CCCCC2)CC1. The molecule has 2 rings (SSSR count). The lowest BCUT2D eigenvalue weighted by molar-refractivity contribution is 0.107. The Morgan fingerprint density at radius 3 is 2.50 bits per heavy atom. The van der Waals surface area contributed by atoms with E-state index in [0.717, 1.165) is 43.8 Å². The number of hydrogen-bond acceptors (Lipinski definition) is 3. The van der Waals surface area contributed by atoms with Gasteiger partial charge < -0.3 is 15.0 Å². The summed E-state index contributed by atoms with van der Waals surface area (Å²) in [6.07, 6.45) is 8.10. The lowest BCUT2D eigenvalue weighted by atomic mass is 9.94. The van der Waals surface area contributed by atoms with Gasteiger partial charge >= 0.3 is 0 Å². The third-order valence-corrected chi connectivity index (χ3v) is 4.90. The van der Waals surface area contributed by atoms with Gasteiger partial charge in [-0.1, -0.05) is 19.3 Å². The van der Waals surface area contributed by atoms with Gasteiger partial charge in [-0.25, -0.2) is 0 Å². The number of piperazine rings is 1. The molecule has 4 nitrogen and oxygen atoms in total. The Morgan fingerprint density at radius 1 is 1.15 bits per heavy atom. The first-order valence-electron chi connectivity index (χ1n) is 8.07. The molecule has 1 N–H and O–H groups in total. The highest BCUT2D eigenvalue weighted by Crippen LogP contribution is 2.23. The van der Waals surface area contributed by atoms with Crippen molar-refractivity contribution in [3.05, 3.63) is 0 Å². The van der Waals surface area contributed by atoms with Crippen molar-refractivity contribution in [2.75, 3.05) is 46.4 Å². The molecule has 1 heterocycles. The fourth-order valence-corrected chi connectivity index (χ4v) is 3.54. The number of hydrogen-bond donors (Lipinski definition) is 1. The van der Waals surface area contributed by atoms with Crippen molar-refractivity contribution in [1.29, 1.82) is 0 Å². The molecule has 0 atom stereocenters. The molecule has 5 heteroatoms. The minimum absolute atomic E-state index is 0.797. The molecule has 20 heavy (non-hydrogen) atoms. The smallest absolute Gasteiger partial charge is 0.169 e. The fourth-order valence-electron chi connectivity index (χ4n) is 3.26. The van der Waals surface area contributed by atoms with E-state index in [1.165, 1.54) is 45.2 Å². The number of rotatable bonds is 5. The highest BCUT2D eigenvalue weighted by molar-refractivity contribution is 7.80. The molecule has 0 aromatic carbocycles. The lowest BCUT2D eigenvalue weighted by Crippen LogP contribution is -2.54. The zero-order valence-corrected chi connectivity index (χ0v) is 13.6. The third-order valence-electron chi connectivity index (χ3n) is 4.49. The van der Waals surface area contributed by atoms with E-state index in [1.807, 2.05) is 0 Å². The number of nitrogens with one attached hydrogen (secondary N) is 1. The number of thiocarbonyl (C=S) groups is 1. The Kier molecular flexibility index (Phi) is 7.03. The largest absolute Gasteiger partial charge is 0.385 e. The van der Waals surface area contributed by atoms with Gasteiger partial charge in [0.25, 0.3) is 0 Å². The predicted octanol–water partition coefficient (Wildman–Crippen LogP) is 1.85. The summed E-state index contributed by atoms with van der Waals surface area (Å²) in [4.78, 5) is 5.00. The van der Waals surface area contributed by atoms with Gasteiger partial charge in [0.15, 0.2) is 5.11 Å². The van der Waals surface area contributed by atoms with E-state index >= 15 is 0 Å². The normalized spacial score (nSPS) is 21.9. The molecular weight excluding hydrogens is 270 g/mol. The molecule has 0 spiro atoms. The molecule has 116 valence electrons. The quantitative estimate of drug-likeness (QED) is 0.618. The predicted molar refractivity (Wildman–Crippen MR) is 87.1 cm³/mol. The first-order valence-corrected chi connectivity index (χ1v) is 8.48. The summed E-state index contributed by atoms with van der Waals surface area (Å²) < 4.78 is 5.05. The maximum absolute atomic E-state index is 5.47. The van der Waals surface area contributed by atoms with Crippen molar-refractivity contribution in [2.45, 2.75) is 44.6 Å². The summed E-state index contributed by atoms with van der Waals surface area (Å²) >= 11 is 5.47. The van der Waals surface area contributed by atoms with Crippen LogP contribution in [0.5, 0.6) is 0 Å². The zero-order chi connectivity index (χ0) is 14.2. The van der Waals surface area contributed by atoms with Crippen LogP contribution in [-0.2, 0) is 4.74 Å². The highest BCUT2D eigenvalue weighted by Gasteiger charge is 2.25. The van der Waals surface area contributed by atoms with E-state index in [0.29, 0.717) is 0 Å². The molecule has 0 aromatic heterocycles. The summed E-state index contributed by atoms with van der Waals surface area (Å²) in [5.74, 6) is 0. The van der Waals surface area contributed by atoms with Crippen molar-refractivity contribution in [3.63, 3.8) is 0 Å². The van der Waals surface area contributed by atoms with Crippen LogP contribution in [0, 0.1) is 0 Å². The first-order chi connectivity index (χ1) is 9.81. The average Bonchev–Trinajstić information content (AvgIpc) is 2.52. The Bertz CT molecular complexity index is 287. The van der Waals surface area contributed by atoms with Crippen molar-refractivity contribution in [1.82, 2.24) is 15.1 Å². The van der Waals surface area contributed by atoms with E-state index in [2.05, 4.69) is 15.1 Å². The topological polar surface area (TPSA) is 27.7 Å². The molecule has 1 aliphatic carbocycles. The molecule has 2 aliphatic rings. The van der Waals surface area contributed by atoms with Crippen LogP contribution >= 0.6 is 12.2 Å². The van der Waals surface area contributed by atoms with E-state index < -0.39 is 0 Å². The lowest BCUT2D eigenvalue weighted by Gasteiger charge is -2.41. The van der Waals surface area contributed by atoms with Gasteiger partial charge in [-0.3, -0.25) is 4.90 Å². The Labute approximate surface area is 128 Å². The maximum atomic E-state index is 5.47. The summed E-state index contributed by atoms with van der Waals surface area (Å²) in [6.45, 7) is 6.20. The van der Waals surface area contributed by atoms with Crippen LogP contribution in [0.3, 0.4) is 0 Å². The van der Waals surface area contributed by atoms with E-state index in [9.17, 15) is 0 Å². The second-order valence-corrected chi connectivity index (χ2v) is 6.28. The molecular formula is C15H29N3OS. The second kappa shape index (κ2) is 8.80. The van der Waals surface area contributed by atoms with Gasteiger partial charge in [-0.15, -0.1) is 0 Å². The summed E-state index contributed by atoms with van der Waals surface area (Å²) in [5, 5.41) is 4.26. The van der Waals surface area contributed by atoms with Crippen molar-refractivity contribution in [3.8, 4) is 0 Å². The van der Waals surface area contributed by atoms with Gasteiger partial charge in [-0.2, -0.15) is 0 Å². The van der Waals surface area contributed by atoms with Crippen molar-refractivity contribution >= 4 is 17.3 Å². The van der Waals surface area contributed by atoms with Crippen LogP contribution in [0.25, 0.3) is 0 Å². The number of ether oxygens (including phenoxy) is 1. The zero-order valence-electron chi connectivity index (χ0n) is 12.8. The van der Waals surface area contributed by atoms with Gasteiger partial charge in [0, 0.05) is 52.5 Å². The average molecular weight is 299 g/mol. The molecule has 1 saturated heterocycles. The highest BCUT2D eigenvalue weighted by atomic mass is 32.1. The maximum Gasteiger partial charge on any atom is 0.169 e. The second-order valence-electron chi connectivity index (χ2n) is 5.89. The summed E-state index contributed by atoms with van der Waals surface area (Å²) in [5.41, 5.74) is 0. The molecule has 0 unspecified atom stereocenters. The van der Waals surface area contributed by atoms with E-state index in [4.69, 9.17) is 17.0 Å². The van der Waals surface area contributed by atoms with Crippen LogP contribution in [0.4, 0.5) is 0 Å². The van der Waals surface area contributed by atoms with Gasteiger partial charge in [0.05, 0.1) is 0 Å². The standard InChI is InChI=1S/C15H29N3OS/c1-19-13-5-8-16-15(20)18-11-9-17(10-12-18)14-6-3-2-4-7-14/h14H,2-13H2,1H3,(H,16,20). The number of methoxy groups -OCH3 is 1. The van der Waals surface area contributed by atoms with E-state index in [-0.39, 0.29) is 0 Å². The Hall–Kier alpha value is -0.390. The van der Waals surface area contributed by atoms with Crippen LogP contribution in [-0.4, -0.2) is 67.4 Å². The summed E-state index contributed by atoms with van der Waals surface area (Å²) in [6, 6.07) is 0.842. The molecule has 0 bridgehead atoms. The van der Waals surface area contributed by atoms with Crippen LogP contribution in [0.1, 0.15) is 38.5 Å². The number of nitrogens with zero attached hydrogens (tertiary/aromatic N) is 2. The molecule has 0 amide bonds. The van der Waals surface area contributed by atoms with Gasteiger partial charge in [0.1, 0.15) is 0 Å². The Morgan fingerprint density at radius 2 is 1.85 bits per heavy atom. The van der Waals surface area contributed by atoms with Crippen LogP contribution in [0.2, 0.25) is 0 Å². The van der Waals surface area contributed by atoms with E-state index in [1.54, 1.807) is 7.11 Å². The fraction of sp³-hybridized carbons (Fsp3) is 0.933. The molecule has 2 fully saturated rings. The Balaban J connectivity index is 1.64. The minimum Gasteiger partial charge on any atom is -0.385 e. The van der Waals surface area contributed by atoms with Crippen molar-refractivity contribution in [2.24, 2.45) is 0 Å². The molecule has 0 aromatic rings.